The molecule has 0 saturated heterocycles. The Morgan fingerprint density at radius 2 is 2.17 bits per heavy atom. The molecule has 0 aliphatic rings. The Morgan fingerprint density at radius 1 is 1.39 bits per heavy atom. The average molecular weight is 312 g/mol. The highest BCUT2D eigenvalue weighted by atomic mass is 79.9. The smallest absolute Gasteiger partial charge is 0.255 e. The number of hydrogen-bond donors (Lipinski definition) is 1. The largest absolute Gasteiger partial charge is 0.465 e. The van der Waals surface area contributed by atoms with Gasteiger partial charge in [0.15, 0.2) is 0 Å². The van der Waals surface area contributed by atoms with E-state index in [4.69, 9.17) is 4.42 Å². The third kappa shape index (κ3) is 2.79. The minimum atomic E-state index is -0.558. The molecule has 0 unspecified atom stereocenters. The van der Waals surface area contributed by atoms with Gasteiger partial charge in [-0.1, -0.05) is 6.07 Å². The zero-order chi connectivity index (χ0) is 13.1. The Hall–Kier alpha value is -1.62. The maximum Gasteiger partial charge on any atom is 0.255 e. The number of amides is 1. The number of hydrogen-bond acceptors (Lipinski definition) is 2. The van der Waals surface area contributed by atoms with Crippen LogP contribution in [0.3, 0.4) is 0 Å². The van der Waals surface area contributed by atoms with E-state index < -0.39 is 11.7 Å². The maximum atomic E-state index is 13.5. The van der Waals surface area contributed by atoms with Crippen LogP contribution in [-0.4, -0.2) is 5.91 Å². The molecule has 0 spiro atoms. The predicted molar refractivity (Wildman–Crippen MR) is 68.7 cm³/mol. The zero-order valence-corrected chi connectivity index (χ0v) is 11.3. The molecule has 0 aliphatic carbocycles. The Morgan fingerprint density at radius 3 is 2.78 bits per heavy atom. The molecular weight excluding hydrogens is 301 g/mol. The molecule has 3 nitrogen and oxygen atoms in total. The summed E-state index contributed by atoms with van der Waals surface area (Å²) in [6.45, 7) is 2.05. The average Bonchev–Trinajstić information content (AvgIpc) is 2.72. The van der Waals surface area contributed by atoms with E-state index in [9.17, 15) is 9.18 Å². The standard InChI is InChI=1S/C13H11BrFNO2/c1-8-5-6-9(18-8)7-16-13(17)12-10(14)3-2-4-11(12)15/h2-6H,7H2,1H3,(H,16,17). The summed E-state index contributed by atoms with van der Waals surface area (Å²) in [6, 6.07) is 7.98. The Bertz CT molecular complexity index is 560. The maximum absolute atomic E-state index is 13.5. The number of rotatable bonds is 3. The molecule has 5 heteroatoms. The summed E-state index contributed by atoms with van der Waals surface area (Å²) >= 11 is 3.15. The number of carbonyl (C=O) groups is 1. The summed E-state index contributed by atoms with van der Waals surface area (Å²) in [4.78, 5) is 11.8. The van der Waals surface area contributed by atoms with Crippen LogP contribution in [0.25, 0.3) is 0 Å². The fourth-order valence-electron chi connectivity index (χ4n) is 1.55. The van der Waals surface area contributed by atoms with Crippen LogP contribution in [0, 0.1) is 12.7 Å². The Balaban J connectivity index is 2.08. The van der Waals surface area contributed by atoms with Gasteiger partial charge in [0, 0.05) is 4.47 Å². The summed E-state index contributed by atoms with van der Waals surface area (Å²) in [5.41, 5.74) is 0.000720. The van der Waals surface area contributed by atoms with Crippen LogP contribution < -0.4 is 5.32 Å². The molecule has 1 amide bonds. The molecule has 2 aromatic rings. The van der Waals surface area contributed by atoms with Gasteiger partial charge in [0.25, 0.3) is 5.91 Å². The van der Waals surface area contributed by atoms with Crippen molar-refractivity contribution in [1.82, 2.24) is 5.32 Å². The van der Waals surface area contributed by atoms with Gasteiger partial charge in [-0.25, -0.2) is 4.39 Å². The molecule has 2 rings (SSSR count). The van der Waals surface area contributed by atoms with Crippen LogP contribution in [0.5, 0.6) is 0 Å². The SMILES string of the molecule is Cc1ccc(CNC(=O)c2c(F)cccc2Br)o1. The number of nitrogens with one attached hydrogen (secondary N) is 1. The molecule has 0 aliphatic heterocycles. The lowest BCUT2D eigenvalue weighted by molar-refractivity contribution is 0.0943. The molecular formula is C13H11BrFNO2. The number of aryl methyl sites for hydroxylation is 1. The summed E-state index contributed by atoms with van der Waals surface area (Å²) in [6.07, 6.45) is 0. The normalized spacial score (nSPS) is 10.4. The second-order valence-electron chi connectivity index (χ2n) is 3.79. The van der Waals surface area contributed by atoms with E-state index in [1.807, 2.05) is 6.92 Å². The molecule has 0 fully saturated rings. The Kier molecular flexibility index (Phi) is 3.81. The fourth-order valence-corrected chi connectivity index (χ4v) is 2.07. The van der Waals surface area contributed by atoms with Crippen LogP contribution in [0.2, 0.25) is 0 Å². The van der Waals surface area contributed by atoms with Crippen LogP contribution in [0.4, 0.5) is 4.39 Å². The third-order valence-electron chi connectivity index (χ3n) is 2.41. The number of furan rings is 1. The minimum Gasteiger partial charge on any atom is -0.465 e. The monoisotopic (exact) mass is 311 g/mol. The molecule has 18 heavy (non-hydrogen) atoms. The van der Waals surface area contributed by atoms with Gasteiger partial charge in [0.2, 0.25) is 0 Å². The van der Waals surface area contributed by atoms with Crippen LogP contribution in [-0.2, 0) is 6.54 Å². The van der Waals surface area contributed by atoms with Crippen molar-refractivity contribution < 1.29 is 13.6 Å². The van der Waals surface area contributed by atoms with E-state index in [0.29, 0.717) is 10.2 Å². The highest BCUT2D eigenvalue weighted by molar-refractivity contribution is 9.10. The molecule has 0 bridgehead atoms. The van der Waals surface area contributed by atoms with Crippen molar-refractivity contribution in [2.24, 2.45) is 0 Å². The lowest BCUT2D eigenvalue weighted by atomic mass is 10.2. The van der Waals surface area contributed by atoms with Gasteiger partial charge in [-0.05, 0) is 47.1 Å². The Labute approximate surface area is 112 Å². The van der Waals surface area contributed by atoms with Crippen molar-refractivity contribution in [2.75, 3.05) is 0 Å². The molecule has 1 heterocycles. The predicted octanol–water partition coefficient (Wildman–Crippen LogP) is 3.42. The summed E-state index contributed by atoms with van der Waals surface area (Å²) in [5.74, 6) is 0.367. The van der Waals surface area contributed by atoms with E-state index in [1.165, 1.54) is 12.1 Å². The first-order chi connectivity index (χ1) is 8.58. The van der Waals surface area contributed by atoms with Gasteiger partial charge in [0.05, 0.1) is 12.1 Å². The first-order valence-corrected chi connectivity index (χ1v) is 6.15. The molecule has 0 radical (unpaired) electrons. The second-order valence-corrected chi connectivity index (χ2v) is 4.65. The third-order valence-corrected chi connectivity index (χ3v) is 3.07. The summed E-state index contributed by atoms with van der Waals surface area (Å²) in [5, 5.41) is 2.61. The van der Waals surface area contributed by atoms with Crippen LogP contribution in [0.15, 0.2) is 39.2 Å². The van der Waals surface area contributed by atoms with Gasteiger partial charge in [-0.15, -0.1) is 0 Å². The second kappa shape index (κ2) is 5.35. The van der Waals surface area contributed by atoms with Gasteiger partial charge in [-0.3, -0.25) is 4.79 Å². The van der Waals surface area contributed by atoms with E-state index in [0.717, 1.165) is 5.76 Å². The molecule has 0 saturated carbocycles. The highest BCUT2D eigenvalue weighted by Gasteiger charge is 2.15. The molecule has 1 aromatic heterocycles. The molecule has 0 atom stereocenters. The first kappa shape index (κ1) is 12.8. The van der Waals surface area contributed by atoms with Gasteiger partial charge in [-0.2, -0.15) is 0 Å². The summed E-state index contributed by atoms with van der Waals surface area (Å²) < 4.78 is 19.3. The molecule has 94 valence electrons. The quantitative estimate of drug-likeness (QED) is 0.943. The van der Waals surface area contributed by atoms with Gasteiger partial charge >= 0.3 is 0 Å². The highest BCUT2D eigenvalue weighted by Crippen LogP contribution is 2.19. The van der Waals surface area contributed by atoms with E-state index in [1.54, 1.807) is 18.2 Å². The lowest BCUT2D eigenvalue weighted by Gasteiger charge is -2.06. The van der Waals surface area contributed by atoms with Gasteiger partial charge < -0.3 is 9.73 Å². The van der Waals surface area contributed by atoms with Crippen molar-refractivity contribution in [2.45, 2.75) is 13.5 Å². The van der Waals surface area contributed by atoms with Crippen molar-refractivity contribution in [3.05, 3.63) is 57.7 Å². The zero-order valence-electron chi connectivity index (χ0n) is 9.67. The van der Waals surface area contributed by atoms with E-state index >= 15 is 0 Å². The summed E-state index contributed by atoms with van der Waals surface area (Å²) in [7, 11) is 0. The van der Waals surface area contributed by atoms with Gasteiger partial charge in [0.1, 0.15) is 17.3 Å². The van der Waals surface area contributed by atoms with Crippen molar-refractivity contribution >= 4 is 21.8 Å². The van der Waals surface area contributed by atoms with E-state index in [2.05, 4.69) is 21.2 Å². The van der Waals surface area contributed by atoms with E-state index in [-0.39, 0.29) is 12.1 Å². The molecule has 1 N–H and O–H groups in total. The lowest BCUT2D eigenvalue weighted by Crippen LogP contribution is -2.24. The number of benzene rings is 1. The van der Waals surface area contributed by atoms with Crippen LogP contribution in [0.1, 0.15) is 21.9 Å². The fraction of sp³-hybridized carbons (Fsp3) is 0.154. The topological polar surface area (TPSA) is 42.2 Å². The van der Waals surface area contributed by atoms with Crippen molar-refractivity contribution in [1.29, 1.82) is 0 Å². The molecule has 1 aromatic carbocycles. The number of halogens is 2. The van der Waals surface area contributed by atoms with Crippen molar-refractivity contribution in [3.8, 4) is 0 Å². The number of carbonyl (C=O) groups excluding carboxylic acids is 1. The van der Waals surface area contributed by atoms with Crippen molar-refractivity contribution in [3.63, 3.8) is 0 Å². The first-order valence-electron chi connectivity index (χ1n) is 5.35. The van der Waals surface area contributed by atoms with Crippen LogP contribution >= 0.6 is 15.9 Å². The minimum absolute atomic E-state index is 0.000720.